The van der Waals surface area contributed by atoms with Gasteiger partial charge in [0, 0.05) is 44.7 Å². The number of carboxylic acid groups (broad SMARTS) is 2. The smallest absolute Gasteiger partial charge is 0.303 e. The molecule has 1 rings (SSSR count). The number of hydrogen-bond donors (Lipinski definition) is 8. The second-order valence-electron chi connectivity index (χ2n) is 9.59. The van der Waals surface area contributed by atoms with E-state index in [2.05, 4.69) is 0 Å². The van der Waals surface area contributed by atoms with E-state index in [0.717, 1.165) is 51.4 Å². The number of carboxylic acids is 2. The molecule has 0 unspecified atom stereocenters. The predicted molar refractivity (Wildman–Crippen MR) is 134 cm³/mol. The van der Waals surface area contributed by atoms with Crippen LogP contribution >= 0.6 is 0 Å². The van der Waals surface area contributed by atoms with E-state index in [4.69, 9.17) is 40.9 Å². The highest BCUT2D eigenvalue weighted by Crippen LogP contribution is 2.27. The summed E-state index contributed by atoms with van der Waals surface area (Å²) < 4.78 is 0. The molecule has 0 spiro atoms. The zero-order chi connectivity index (χ0) is 27.5. The lowest BCUT2D eigenvalue weighted by Crippen LogP contribution is -2.20. The summed E-state index contributed by atoms with van der Waals surface area (Å²) in [4.78, 5) is 19.8. The lowest BCUT2D eigenvalue weighted by atomic mass is 9.83. The molecule has 0 amide bonds. The Labute approximate surface area is 210 Å². The molecule has 0 radical (unpaired) electrons. The highest BCUT2D eigenvalue weighted by Gasteiger charge is 2.19. The summed E-state index contributed by atoms with van der Waals surface area (Å²) in [5, 5.41) is 67.3. The number of aliphatic hydroxyl groups is 6. The van der Waals surface area contributed by atoms with E-state index < -0.39 is 11.9 Å². The summed E-state index contributed by atoms with van der Waals surface area (Å²) in [6.07, 6.45) is 9.24. The maximum absolute atomic E-state index is 9.90. The Balaban J connectivity index is -0.000000395. The molecule has 0 atom stereocenters. The lowest BCUT2D eigenvalue weighted by molar-refractivity contribution is -0.139. The average Bonchev–Trinajstić information content (AvgIpc) is 2.85. The molecule has 10 heteroatoms. The lowest BCUT2D eigenvalue weighted by Gasteiger charge is -2.25. The van der Waals surface area contributed by atoms with Gasteiger partial charge in [0.05, 0.1) is 13.2 Å². The van der Waals surface area contributed by atoms with E-state index in [1.165, 1.54) is 0 Å². The molecule has 0 aromatic heterocycles. The van der Waals surface area contributed by atoms with Gasteiger partial charge >= 0.3 is 11.9 Å². The van der Waals surface area contributed by atoms with Gasteiger partial charge in [0.25, 0.3) is 0 Å². The van der Waals surface area contributed by atoms with Gasteiger partial charge in [-0.15, -0.1) is 0 Å². The van der Waals surface area contributed by atoms with Crippen molar-refractivity contribution < 1.29 is 50.4 Å². The van der Waals surface area contributed by atoms with E-state index in [1.54, 1.807) is 13.8 Å². The summed E-state index contributed by atoms with van der Waals surface area (Å²) in [7, 11) is 0. The first-order chi connectivity index (χ1) is 16.5. The molecule has 0 aliphatic heterocycles. The minimum Gasteiger partial charge on any atom is -0.481 e. The van der Waals surface area contributed by atoms with Crippen LogP contribution in [0.3, 0.4) is 0 Å². The average molecular weight is 513 g/mol. The standard InChI is InChI=1S/C8H16O2.C6H10O4.C6H14O2.C5H12O2/c9-5-7-1-2-8(6-10)4-3-7;7-5(8)3-1-2-4-6(9)10;7-5-3-1-2-4-6-8;1-5(2,3-6)4-7/h7-10H,1-6H2;1-4H2,(H,7,8)(H,9,10);7-8H,1-6H2;6-7H,3-4H2,1-2H3. The maximum Gasteiger partial charge on any atom is 0.303 e. The van der Waals surface area contributed by atoms with Gasteiger partial charge in [0.15, 0.2) is 0 Å². The van der Waals surface area contributed by atoms with Gasteiger partial charge in [-0.2, -0.15) is 0 Å². The second-order valence-corrected chi connectivity index (χ2v) is 9.59. The molecule has 1 aliphatic rings. The fraction of sp³-hybridized carbons (Fsp3) is 0.920. The van der Waals surface area contributed by atoms with Crippen molar-refractivity contribution in [3.05, 3.63) is 0 Å². The molecule has 10 nitrogen and oxygen atoms in total. The summed E-state index contributed by atoms with van der Waals surface area (Å²) in [5.74, 6) is -0.707. The number of hydrogen-bond acceptors (Lipinski definition) is 8. The van der Waals surface area contributed by atoms with Gasteiger partial charge in [-0.3, -0.25) is 9.59 Å². The molecule has 1 fully saturated rings. The molecule has 1 saturated carbocycles. The third-order valence-corrected chi connectivity index (χ3v) is 5.44. The van der Waals surface area contributed by atoms with Crippen LogP contribution in [0.5, 0.6) is 0 Å². The molecule has 212 valence electrons. The van der Waals surface area contributed by atoms with Crippen molar-refractivity contribution in [3.63, 3.8) is 0 Å². The van der Waals surface area contributed by atoms with Crippen molar-refractivity contribution >= 4 is 11.9 Å². The normalized spacial score (nSPS) is 17.0. The maximum atomic E-state index is 9.90. The Morgan fingerprint density at radius 3 is 1.09 bits per heavy atom. The molecule has 0 bridgehead atoms. The summed E-state index contributed by atoms with van der Waals surface area (Å²) in [6.45, 7) is 4.92. The SMILES string of the molecule is CC(C)(CO)CO.O=C(O)CCCCC(=O)O.OCC1CCC(CO)CC1.OCCCCCCO. The zero-order valence-corrected chi connectivity index (χ0v) is 21.8. The van der Waals surface area contributed by atoms with E-state index in [-0.39, 0.29) is 44.7 Å². The van der Waals surface area contributed by atoms with Crippen molar-refractivity contribution in [1.29, 1.82) is 0 Å². The highest BCUT2D eigenvalue weighted by atomic mass is 16.4. The molecular formula is C25H52O10. The van der Waals surface area contributed by atoms with E-state index >= 15 is 0 Å². The summed E-state index contributed by atoms with van der Waals surface area (Å²) in [6, 6.07) is 0. The number of carbonyl (C=O) groups is 2. The highest BCUT2D eigenvalue weighted by molar-refractivity contribution is 5.67. The Hall–Kier alpha value is -1.30. The fourth-order valence-electron chi connectivity index (χ4n) is 2.78. The van der Waals surface area contributed by atoms with Gasteiger partial charge in [-0.05, 0) is 63.2 Å². The number of aliphatic hydroxyl groups excluding tert-OH is 6. The van der Waals surface area contributed by atoms with Crippen LogP contribution in [0.1, 0.15) is 90.9 Å². The Morgan fingerprint density at radius 1 is 0.600 bits per heavy atom. The number of aliphatic carboxylic acids is 2. The molecule has 8 N–H and O–H groups in total. The molecule has 0 heterocycles. The van der Waals surface area contributed by atoms with Crippen molar-refractivity contribution in [2.45, 2.75) is 90.9 Å². The molecule has 0 aromatic rings. The van der Waals surface area contributed by atoms with Gasteiger partial charge in [0.1, 0.15) is 0 Å². The third-order valence-electron chi connectivity index (χ3n) is 5.44. The van der Waals surface area contributed by atoms with E-state index in [0.29, 0.717) is 37.9 Å². The van der Waals surface area contributed by atoms with Crippen LogP contribution in [0.2, 0.25) is 0 Å². The van der Waals surface area contributed by atoms with Crippen molar-refractivity contribution in [1.82, 2.24) is 0 Å². The number of rotatable bonds is 14. The predicted octanol–water partition coefficient (Wildman–Crippen LogP) is 2.02. The third kappa shape index (κ3) is 32.7. The van der Waals surface area contributed by atoms with Crippen LogP contribution < -0.4 is 0 Å². The minimum atomic E-state index is -0.870. The van der Waals surface area contributed by atoms with Crippen molar-refractivity contribution in [3.8, 4) is 0 Å². The first-order valence-corrected chi connectivity index (χ1v) is 12.6. The molecule has 0 saturated heterocycles. The van der Waals surface area contributed by atoms with Crippen LogP contribution in [0.25, 0.3) is 0 Å². The van der Waals surface area contributed by atoms with Crippen LogP contribution in [0.4, 0.5) is 0 Å². The van der Waals surface area contributed by atoms with Crippen molar-refractivity contribution in [2.24, 2.45) is 17.3 Å². The van der Waals surface area contributed by atoms with Gasteiger partial charge in [-0.25, -0.2) is 0 Å². The minimum absolute atomic E-state index is 0.0451. The van der Waals surface area contributed by atoms with E-state index in [9.17, 15) is 9.59 Å². The number of unbranched alkanes of at least 4 members (excludes halogenated alkanes) is 4. The monoisotopic (exact) mass is 512 g/mol. The molecular weight excluding hydrogens is 460 g/mol. The zero-order valence-electron chi connectivity index (χ0n) is 21.8. The van der Waals surface area contributed by atoms with Gasteiger partial charge in [-0.1, -0.05) is 26.7 Å². The Morgan fingerprint density at radius 2 is 0.914 bits per heavy atom. The fourth-order valence-corrected chi connectivity index (χ4v) is 2.78. The van der Waals surface area contributed by atoms with Gasteiger partial charge in [0.2, 0.25) is 0 Å². The largest absolute Gasteiger partial charge is 0.481 e. The first kappa shape index (κ1) is 38.2. The molecule has 1 aliphatic carbocycles. The van der Waals surface area contributed by atoms with E-state index in [1.807, 2.05) is 0 Å². The Kier molecular flexibility index (Phi) is 29.8. The summed E-state index contributed by atoms with van der Waals surface area (Å²) >= 11 is 0. The molecule has 35 heavy (non-hydrogen) atoms. The topological polar surface area (TPSA) is 196 Å². The van der Waals surface area contributed by atoms with Crippen LogP contribution in [-0.4, -0.2) is 92.4 Å². The first-order valence-electron chi connectivity index (χ1n) is 12.6. The quantitative estimate of drug-likeness (QED) is 0.159. The van der Waals surface area contributed by atoms with Crippen molar-refractivity contribution in [2.75, 3.05) is 39.6 Å². The van der Waals surface area contributed by atoms with Crippen LogP contribution in [0.15, 0.2) is 0 Å². The van der Waals surface area contributed by atoms with Gasteiger partial charge < -0.3 is 40.9 Å². The van der Waals surface area contributed by atoms with Crippen LogP contribution in [0, 0.1) is 17.3 Å². The second kappa shape index (κ2) is 27.3. The Bertz CT molecular complexity index is 423. The molecule has 0 aromatic carbocycles. The summed E-state index contributed by atoms with van der Waals surface area (Å²) in [5.41, 5.74) is -0.306. The van der Waals surface area contributed by atoms with Crippen LogP contribution in [-0.2, 0) is 9.59 Å².